The number of hydrogen-bond donors (Lipinski definition) is 0. The zero-order chi connectivity index (χ0) is 25.0. The minimum atomic E-state index is -0.387. The van der Waals surface area contributed by atoms with E-state index in [9.17, 15) is 0 Å². The maximum absolute atomic E-state index is 5.31. The van der Waals surface area contributed by atoms with Gasteiger partial charge in [0.25, 0.3) is 0 Å². The largest absolute Gasteiger partial charge is 0.184 e. The van der Waals surface area contributed by atoms with E-state index in [2.05, 4.69) is 112 Å². The molecule has 3 unspecified atom stereocenters. The van der Waals surface area contributed by atoms with E-state index in [0.29, 0.717) is 11.8 Å². The minimum absolute atomic E-state index is 0.0264. The number of azo groups is 1. The van der Waals surface area contributed by atoms with Crippen LogP contribution >= 0.6 is 0 Å². The molecule has 5 rings (SSSR count). The molecule has 1 fully saturated rings. The lowest BCUT2D eigenvalue weighted by Crippen LogP contribution is -2.61. The Morgan fingerprint density at radius 2 is 1.08 bits per heavy atom. The second kappa shape index (κ2) is 10.2. The van der Waals surface area contributed by atoms with Crippen LogP contribution in [0.3, 0.4) is 0 Å². The molecule has 2 heteroatoms. The van der Waals surface area contributed by atoms with E-state index < -0.39 is 0 Å². The van der Waals surface area contributed by atoms with Crippen LogP contribution < -0.4 is 0 Å². The van der Waals surface area contributed by atoms with Crippen LogP contribution in [-0.2, 0) is 10.8 Å². The Morgan fingerprint density at radius 3 is 1.56 bits per heavy atom. The van der Waals surface area contributed by atoms with Crippen molar-refractivity contribution in [3.63, 3.8) is 0 Å². The first-order valence-corrected chi connectivity index (χ1v) is 13.2. The molecular formula is C34H36N2. The van der Waals surface area contributed by atoms with E-state index in [1.807, 2.05) is 30.3 Å². The highest BCUT2D eigenvalue weighted by Gasteiger charge is 2.61. The lowest BCUT2D eigenvalue weighted by Gasteiger charge is -2.59. The quantitative estimate of drug-likeness (QED) is 0.250. The van der Waals surface area contributed by atoms with Gasteiger partial charge in [-0.05, 0) is 53.5 Å². The fraction of sp³-hybridized carbons (Fsp3) is 0.294. The standard InChI is InChI=1S/C34H36N2/c1-26(2)31-24-25-33(3,27-16-8-4-9-17-27)34(28-18-10-5-11-19-28,29-20-12-6-13-21-29)32(31)36-35-30-22-14-7-15-23-30/h4-23,26,31-32H,24-25H2,1-3H3. The lowest BCUT2D eigenvalue weighted by molar-refractivity contribution is 0.0851. The summed E-state index contributed by atoms with van der Waals surface area (Å²) in [7, 11) is 0. The van der Waals surface area contributed by atoms with Gasteiger partial charge in [-0.2, -0.15) is 10.2 Å². The fourth-order valence-corrected chi connectivity index (χ4v) is 6.68. The van der Waals surface area contributed by atoms with Crippen LogP contribution in [0.4, 0.5) is 5.69 Å². The predicted molar refractivity (Wildman–Crippen MR) is 150 cm³/mol. The van der Waals surface area contributed by atoms with Crippen molar-refractivity contribution in [1.29, 1.82) is 0 Å². The molecule has 2 nitrogen and oxygen atoms in total. The summed E-state index contributed by atoms with van der Waals surface area (Å²) < 4.78 is 0. The van der Waals surface area contributed by atoms with Crippen molar-refractivity contribution in [3.05, 3.63) is 138 Å². The van der Waals surface area contributed by atoms with Crippen LogP contribution in [0.15, 0.2) is 132 Å². The van der Waals surface area contributed by atoms with E-state index >= 15 is 0 Å². The molecule has 0 bridgehead atoms. The van der Waals surface area contributed by atoms with E-state index in [1.165, 1.54) is 16.7 Å². The second-order valence-electron chi connectivity index (χ2n) is 10.7. The molecule has 182 valence electrons. The Morgan fingerprint density at radius 1 is 0.639 bits per heavy atom. The highest BCUT2D eigenvalue weighted by molar-refractivity contribution is 5.52. The highest BCUT2D eigenvalue weighted by atomic mass is 15.1. The van der Waals surface area contributed by atoms with Crippen molar-refractivity contribution < 1.29 is 0 Å². The van der Waals surface area contributed by atoms with Gasteiger partial charge in [-0.1, -0.05) is 130 Å². The van der Waals surface area contributed by atoms with Gasteiger partial charge >= 0.3 is 0 Å². The maximum Gasteiger partial charge on any atom is 0.0888 e. The number of hydrogen-bond acceptors (Lipinski definition) is 2. The summed E-state index contributed by atoms with van der Waals surface area (Å²) in [5.41, 5.74) is 4.32. The van der Waals surface area contributed by atoms with Gasteiger partial charge in [0.1, 0.15) is 0 Å². The summed E-state index contributed by atoms with van der Waals surface area (Å²) in [6.07, 6.45) is 2.20. The van der Waals surface area contributed by atoms with E-state index in [-0.39, 0.29) is 16.9 Å². The molecule has 1 saturated carbocycles. The Balaban J connectivity index is 1.85. The molecular weight excluding hydrogens is 436 g/mol. The summed E-state index contributed by atoms with van der Waals surface area (Å²) in [4.78, 5) is 0. The van der Waals surface area contributed by atoms with Crippen molar-refractivity contribution in [2.24, 2.45) is 22.1 Å². The van der Waals surface area contributed by atoms with Gasteiger partial charge < -0.3 is 0 Å². The maximum atomic E-state index is 5.31. The Labute approximate surface area is 216 Å². The minimum Gasteiger partial charge on any atom is -0.184 e. The van der Waals surface area contributed by atoms with Gasteiger partial charge in [0.2, 0.25) is 0 Å². The summed E-state index contributed by atoms with van der Waals surface area (Å²) in [5, 5.41) is 10.2. The van der Waals surface area contributed by atoms with E-state index in [1.54, 1.807) is 0 Å². The zero-order valence-corrected chi connectivity index (χ0v) is 21.6. The second-order valence-corrected chi connectivity index (χ2v) is 10.7. The average Bonchev–Trinajstić information content (AvgIpc) is 2.94. The molecule has 0 radical (unpaired) electrons. The number of benzene rings is 4. The molecule has 1 aliphatic carbocycles. The van der Waals surface area contributed by atoms with Crippen molar-refractivity contribution >= 4 is 5.69 Å². The Kier molecular flexibility index (Phi) is 6.87. The van der Waals surface area contributed by atoms with Gasteiger partial charge in [-0.25, -0.2) is 0 Å². The monoisotopic (exact) mass is 472 g/mol. The fourth-order valence-electron chi connectivity index (χ4n) is 6.68. The van der Waals surface area contributed by atoms with Gasteiger partial charge in [0, 0.05) is 5.41 Å². The molecule has 0 spiro atoms. The van der Waals surface area contributed by atoms with Crippen LogP contribution in [0.25, 0.3) is 0 Å². The number of rotatable bonds is 6. The van der Waals surface area contributed by atoms with Crippen LogP contribution in [0, 0.1) is 11.8 Å². The summed E-state index contributed by atoms with van der Waals surface area (Å²) >= 11 is 0. The van der Waals surface area contributed by atoms with Crippen molar-refractivity contribution in [2.45, 2.75) is 50.5 Å². The lowest BCUT2D eigenvalue weighted by atomic mass is 9.45. The van der Waals surface area contributed by atoms with Gasteiger partial charge in [0.15, 0.2) is 0 Å². The first-order valence-electron chi connectivity index (χ1n) is 13.2. The van der Waals surface area contributed by atoms with Gasteiger partial charge in [-0.3, -0.25) is 0 Å². The topological polar surface area (TPSA) is 24.7 Å². The number of nitrogens with zero attached hydrogens (tertiary/aromatic N) is 2. The van der Waals surface area contributed by atoms with Crippen LogP contribution in [0.1, 0.15) is 50.3 Å². The average molecular weight is 473 g/mol. The molecule has 4 aromatic carbocycles. The Hall–Kier alpha value is -3.52. The third-order valence-corrected chi connectivity index (χ3v) is 8.48. The van der Waals surface area contributed by atoms with E-state index in [4.69, 9.17) is 10.2 Å². The van der Waals surface area contributed by atoms with Crippen LogP contribution in [-0.4, -0.2) is 6.04 Å². The smallest absolute Gasteiger partial charge is 0.0888 e. The molecule has 0 aromatic heterocycles. The first-order chi connectivity index (χ1) is 17.6. The normalized spacial score (nSPS) is 23.7. The summed E-state index contributed by atoms with van der Waals surface area (Å²) in [6, 6.07) is 43.4. The molecule has 0 heterocycles. The Bertz CT molecular complexity index is 1230. The molecule has 0 N–H and O–H groups in total. The van der Waals surface area contributed by atoms with Crippen LogP contribution in [0.5, 0.6) is 0 Å². The molecule has 3 atom stereocenters. The molecule has 0 aliphatic heterocycles. The van der Waals surface area contributed by atoms with Crippen molar-refractivity contribution in [2.75, 3.05) is 0 Å². The van der Waals surface area contributed by atoms with Gasteiger partial charge in [-0.15, -0.1) is 0 Å². The van der Waals surface area contributed by atoms with Crippen molar-refractivity contribution in [3.8, 4) is 0 Å². The molecule has 0 saturated heterocycles. The molecule has 4 aromatic rings. The van der Waals surface area contributed by atoms with Crippen LogP contribution in [0.2, 0.25) is 0 Å². The third-order valence-electron chi connectivity index (χ3n) is 8.48. The molecule has 36 heavy (non-hydrogen) atoms. The molecule has 1 aliphatic rings. The summed E-state index contributed by atoms with van der Waals surface area (Å²) in [5.74, 6) is 0.881. The first kappa shape index (κ1) is 24.2. The van der Waals surface area contributed by atoms with Crippen molar-refractivity contribution in [1.82, 2.24) is 0 Å². The SMILES string of the molecule is CC(C)C1CCC(C)(c2ccccc2)C(c2ccccc2)(c2ccccc2)C1N=Nc1ccccc1. The predicted octanol–water partition coefficient (Wildman–Crippen LogP) is 9.15. The van der Waals surface area contributed by atoms with Gasteiger partial charge in [0.05, 0.1) is 17.1 Å². The molecule has 0 amide bonds. The summed E-state index contributed by atoms with van der Waals surface area (Å²) in [6.45, 7) is 7.16. The zero-order valence-electron chi connectivity index (χ0n) is 21.6. The highest BCUT2D eigenvalue weighted by Crippen LogP contribution is 2.60. The van der Waals surface area contributed by atoms with E-state index in [0.717, 1.165) is 18.5 Å². The third kappa shape index (κ3) is 4.09.